The number of methoxy groups -OCH3 is 1. The molecule has 7 heteroatoms. The van der Waals surface area contributed by atoms with Crippen molar-refractivity contribution in [1.82, 2.24) is 5.32 Å². The number of hydrogen-bond donors (Lipinski definition) is 1. The topological polar surface area (TPSA) is 81.0 Å². The first-order valence-electron chi connectivity index (χ1n) is 7.98. The quantitative estimate of drug-likeness (QED) is 0.810. The molecule has 1 N–H and O–H groups in total. The van der Waals surface area contributed by atoms with E-state index in [1.165, 1.54) is 0 Å². The number of amides is 2. The van der Waals surface area contributed by atoms with Crippen LogP contribution in [0.5, 0.6) is 5.75 Å². The van der Waals surface area contributed by atoms with Gasteiger partial charge in [-0.2, -0.15) is 0 Å². The van der Waals surface area contributed by atoms with E-state index in [1.807, 2.05) is 25.1 Å². The minimum Gasteiger partial charge on any atom is -0.482 e. The first kappa shape index (κ1) is 17.0. The number of anilines is 1. The van der Waals surface area contributed by atoms with Gasteiger partial charge in [0, 0.05) is 13.7 Å². The second kappa shape index (κ2) is 7.40. The predicted octanol–water partition coefficient (Wildman–Crippen LogP) is 1.89. The van der Waals surface area contributed by atoms with Gasteiger partial charge in [-0.15, -0.1) is 0 Å². The van der Waals surface area contributed by atoms with Gasteiger partial charge in [0.1, 0.15) is 11.5 Å². The molecule has 1 aromatic carbocycles. The molecule has 25 heavy (non-hydrogen) atoms. The normalized spacial score (nSPS) is 13.4. The van der Waals surface area contributed by atoms with E-state index in [-0.39, 0.29) is 30.7 Å². The van der Waals surface area contributed by atoms with E-state index < -0.39 is 0 Å². The highest BCUT2D eigenvalue weighted by molar-refractivity contribution is 5.97. The van der Waals surface area contributed by atoms with Crippen LogP contribution in [-0.4, -0.2) is 38.7 Å². The van der Waals surface area contributed by atoms with Crippen LogP contribution in [0.1, 0.15) is 21.9 Å². The number of carbonyl (C=O) groups excluding carboxylic acids is 2. The molecule has 0 atom stereocenters. The van der Waals surface area contributed by atoms with Crippen LogP contribution in [0.3, 0.4) is 0 Å². The predicted molar refractivity (Wildman–Crippen MR) is 90.8 cm³/mol. The molecule has 1 aliphatic heterocycles. The molecule has 2 amide bonds. The van der Waals surface area contributed by atoms with Gasteiger partial charge >= 0.3 is 0 Å². The molecule has 0 unspecified atom stereocenters. The Kier molecular flexibility index (Phi) is 5.04. The SMILES string of the molecule is COCCNC(=O)c1ccc(CN2C(=O)COc3ccc(C)cc32)o1. The Bertz CT molecular complexity index is 784. The molecule has 0 aliphatic carbocycles. The van der Waals surface area contributed by atoms with E-state index in [9.17, 15) is 9.59 Å². The van der Waals surface area contributed by atoms with E-state index in [0.717, 1.165) is 5.56 Å². The standard InChI is InChI=1S/C18H20N2O5/c1-12-3-5-15-14(9-12)20(17(21)11-24-15)10-13-4-6-16(25-13)18(22)19-7-8-23-2/h3-6,9H,7-8,10-11H2,1-2H3,(H,19,22). The van der Waals surface area contributed by atoms with Gasteiger partial charge in [-0.25, -0.2) is 0 Å². The van der Waals surface area contributed by atoms with Gasteiger partial charge in [-0.1, -0.05) is 6.07 Å². The summed E-state index contributed by atoms with van der Waals surface area (Å²) in [7, 11) is 1.57. The van der Waals surface area contributed by atoms with E-state index in [4.69, 9.17) is 13.9 Å². The second-order valence-electron chi connectivity index (χ2n) is 5.75. The lowest BCUT2D eigenvalue weighted by Crippen LogP contribution is -2.38. The fourth-order valence-corrected chi connectivity index (χ4v) is 2.58. The summed E-state index contributed by atoms with van der Waals surface area (Å²) >= 11 is 0. The third-order valence-corrected chi connectivity index (χ3v) is 3.85. The number of aryl methyl sites for hydroxylation is 1. The summed E-state index contributed by atoms with van der Waals surface area (Å²) in [6.45, 7) is 3.01. The molecule has 0 spiro atoms. The van der Waals surface area contributed by atoms with Crippen LogP contribution in [0.4, 0.5) is 5.69 Å². The Morgan fingerprint density at radius 2 is 2.16 bits per heavy atom. The van der Waals surface area contributed by atoms with Crippen molar-refractivity contribution in [2.75, 3.05) is 31.8 Å². The molecule has 1 aliphatic rings. The Morgan fingerprint density at radius 3 is 2.96 bits per heavy atom. The maximum Gasteiger partial charge on any atom is 0.287 e. The Labute approximate surface area is 145 Å². The lowest BCUT2D eigenvalue weighted by molar-refractivity contribution is -0.121. The summed E-state index contributed by atoms with van der Waals surface area (Å²) in [5, 5.41) is 2.69. The second-order valence-corrected chi connectivity index (χ2v) is 5.75. The number of ether oxygens (including phenoxy) is 2. The van der Waals surface area contributed by atoms with Crippen LogP contribution in [0.25, 0.3) is 0 Å². The van der Waals surface area contributed by atoms with Gasteiger partial charge in [-0.3, -0.25) is 14.5 Å². The molecule has 0 radical (unpaired) electrons. The van der Waals surface area contributed by atoms with E-state index in [0.29, 0.717) is 30.3 Å². The van der Waals surface area contributed by atoms with Gasteiger partial charge in [0.05, 0.1) is 18.8 Å². The van der Waals surface area contributed by atoms with E-state index in [2.05, 4.69) is 5.32 Å². The Morgan fingerprint density at radius 1 is 1.32 bits per heavy atom. The van der Waals surface area contributed by atoms with Crippen molar-refractivity contribution in [3.05, 3.63) is 47.4 Å². The summed E-state index contributed by atoms with van der Waals surface area (Å²) in [5.41, 5.74) is 1.73. The molecule has 0 saturated heterocycles. The highest BCUT2D eigenvalue weighted by Gasteiger charge is 2.26. The van der Waals surface area contributed by atoms with Gasteiger partial charge in [0.2, 0.25) is 0 Å². The Balaban J connectivity index is 1.74. The monoisotopic (exact) mass is 344 g/mol. The smallest absolute Gasteiger partial charge is 0.287 e. The lowest BCUT2D eigenvalue weighted by Gasteiger charge is -2.29. The highest BCUT2D eigenvalue weighted by Crippen LogP contribution is 2.34. The van der Waals surface area contributed by atoms with Crippen molar-refractivity contribution in [2.45, 2.75) is 13.5 Å². The van der Waals surface area contributed by atoms with E-state index in [1.54, 1.807) is 24.1 Å². The first-order chi connectivity index (χ1) is 12.1. The van der Waals surface area contributed by atoms with Gasteiger partial charge in [-0.05, 0) is 36.8 Å². The number of fused-ring (bicyclic) bond motifs is 1. The zero-order valence-electron chi connectivity index (χ0n) is 14.2. The van der Waals surface area contributed by atoms with Crippen LogP contribution < -0.4 is 15.0 Å². The van der Waals surface area contributed by atoms with Gasteiger partial charge in [0.25, 0.3) is 11.8 Å². The van der Waals surface area contributed by atoms with Crippen molar-refractivity contribution in [3.8, 4) is 5.75 Å². The van der Waals surface area contributed by atoms with Crippen LogP contribution in [-0.2, 0) is 16.1 Å². The number of furan rings is 1. The number of benzene rings is 1. The summed E-state index contributed by atoms with van der Waals surface area (Å²) in [5.74, 6) is 0.929. The number of hydrogen-bond acceptors (Lipinski definition) is 5. The summed E-state index contributed by atoms with van der Waals surface area (Å²) < 4.78 is 15.9. The Hall–Kier alpha value is -2.80. The lowest BCUT2D eigenvalue weighted by atomic mass is 10.1. The van der Waals surface area contributed by atoms with Crippen molar-refractivity contribution in [3.63, 3.8) is 0 Å². The summed E-state index contributed by atoms with van der Waals surface area (Å²) in [6, 6.07) is 8.97. The molecule has 3 rings (SSSR count). The molecule has 2 aromatic rings. The third kappa shape index (κ3) is 3.83. The number of rotatable bonds is 6. The fraction of sp³-hybridized carbons (Fsp3) is 0.333. The first-order valence-corrected chi connectivity index (χ1v) is 7.98. The molecule has 0 bridgehead atoms. The maximum atomic E-state index is 12.3. The average molecular weight is 344 g/mol. The van der Waals surface area contributed by atoms with Gasteiger partial charge in [0.15, 0.2) is 12.4 Å². The maximum absolute atomic E-state index is 12.3. The van der Waals surface area contributed by atoms with Crippen LogP contribution in [0, 0.1) is 6.92 Å². The number of nitrogens with zero attached hydrogens (tertiary/aromatic N) is 1. The molecule has 2 heterocycles. The van der Waals surface area contributed by atoms with Crippen LogP contribution in [0.2, 0.25) is 0 Å². The molecular formula is C18H20N2O5. The van der Waals surface area contributed by atoms with Crippen LogP contribution >= 0.6 is 0 Å². The van der Waals surface area contributed by atoms with Crippen molar-refractivity contribution in [1.29, 1.82) is 0 Å². The molecule has 1 aromatic heterocycles. The largest absolute Gasteiger partial charge is 0.482 e. The minimum absolute atomic E-state index is 0.0128. The highest BCUT2D eigenvalue weighted by atomic mass is 16.5. The molecule has 0 saturated carbocycles. The van der Waals surface area contributed by atoms with Crippen molar-refractivity contribution in [2.24, 2.45) is 0 Å². The molecule has 7 nitrogen and oxygen atoms in total. The third-order valence-electron chi connectivity index (χ3n) is 3.85. The van der Waals surface area contributed by atoms with Gasteiger partial charge < -0.3 is 19.2 Å². The summed E-state index contributed by atoms with van der Waals surface area (Å²) in [6.07, 6.45) is 0. The number of carbonyl (C=O) groups is 2. The summed E-state index contributed by atoms with van der Waals surface area (Å²) in [4.78, 5) is 25.8. The molecular weight excluding hydrogens is 324 g/mol. The minimum atomic E-state index is -0.312. The van der Waals surface area contributed by atoms with Crippen molar-refractivity contribution >= 4 is 17.5 Å². The number of nitrogens with one attached hydrogen (secondary N) is 1. The van der Waals surface area contributed by atoms with E-state index >= 15 is 0 Å². The zero-order chi connectivity index (χ0) is 17.8. The zero-order valence-corrected chi connectivity index (χ0v) is 14.2. The fourth-order valence-electron chi connectivity index (χ4n) is 2.58. The average Bonchev–Trinajstić information content (AvgIpc) is 3.06. The molecule has 132 valence electrons. The van der Waals surface area contributed by atoms with Crippen LogP contribution in [0.15, 0.2) is 34.7 Å². The molecule has 0 fully saturated rings. The van der Waals surface area contributed by atoms with Crippen molar-refractivity contribution < 1.29 is 23.5 Å².